The number of benzene rings is 1. The molecule has 0 saturated carbocycles. The molecule has 0 bridgehead atoms. The van der Waals surface area contributed by atoms with Crippen molar-refractivity contribution in [2.24, 2.45) is 0 Å². The van der Waals surface area contributed by atoms with E-state index in [-0.39, 0.29) is 17.8 Å². The molecule has 2 heterocycles. The summed E-state index contributed by atoms with van der Waals surface area (Å²) < 4.78 is 5.69. The van der Waals surface area contributed by atoms with E-state index >= 15 is 0 Å². The van der Waals surface area contributed by atoms with E-state index in [2.05, 4.69) is 14.9 Å². The van der Waals surface area contributed by atoms with Crippen molar-refractivity contribution < 1.29 is 4.74 Å². The fraction of sp³-hybridized carbons (Fsp3) is 0.429. The molecule has 20 heavy (non-hydrogen) atoms. The molecule has 3 rings (SSSR count). The van der Waals surface area contributed by atoms with E-state index in [1.54, 1.807) is 18.2 Å². The van der Waals surface area contributed by atoms with E-state index < -0.39 is 0 Å². The Hall–Kier alpha value is -2.08. The van der Waals surface area contributed by atoms with Gasteiger partial charge in [0.25, 0.3) is 5.56 Å². The molecule has 106 valence electrons. The molecule has 2 aromatic rings. The minimum atomic E-state index is -0.163. The standard InChI is InChI=1S/C14H18N4O2/c1-8-6-18(7-9(2)20-8)14-16-12-4-3-10(15)5-11(12)13(19)17-14/h3-5,8-9H,6-7,15H2,1-2H3,(H,16,17,19)/t8-,9+. The van der Waals surface area contributed by atoms with Crippen LogP contribution in [0.25, 0.3) is 10.9 Å². The van der Waals surface area contributed by atoms with Crippen molar-refractivity contribution in [3.8, 4) is 0 Å². The van der Waals surface area contributed by atoms with Crippen LogP contribution >= 0.6 is 0 Å². The Balaban J connectivity index is 2.04. The molecule has 2 atom stereocenters. The quantitative estimate of drug-likeness (QED) is 0.761. The predicted octanol–water partition coefficient (Wildman–Crippen LogP) is 1.12. The average Bonchev–Trinajstić information content (AvgIpc) is 2.38. The number of anilines is 2. The lowest BCUT2D eigenvalue weighted by Gasteiger charge is -2.35. The first-order valence-electron chi connectivity index (χ1n) is 6.73. The number of fused-ring (bicyclic) bond motifs is 1. The summed E-state index contributed by atoms with van der Waals surface area (Å²) in [6.07, 6.45) is 0.234. The van der Waals surface area contributed by atoms with Crippen LogP contribution in [0.1, 0.15) is 13.8 Å². The molecule has 0 radical (unpaired) electrons. The Morgan fingerprint density at radius 2 is 2.05 bits per heavy atom. The van der Waals surface area contributed by atoms with Crippen LogP contribution in [-0.4, -0.2) is 35.3 Å². The van der Waals surface area contributed by atoms with Gasteiger partial charge in [0.05, 0.1) is 23.1 Å². The van der Waals surface area contributed by atoms with Gasteiger partial charge in [-0.25, -0.2) is 4.98 Å². The molecule has 1 aliphatic heterocycles. The number of nitrogens with two attached hydrogens (primary N) is 1. The lowest BCUT2D eigenvalue weighted by Crippen LogP contribution is -2.46. The molecule has 3 N–H and O–H groups in total. The number of hydrogen-bond acceptors (Lipinski definition) is 5. The summed E-state index contributed by atoms with van der Waals surface area (Å²) in [5, 5.41) is 0.517. The lowest BCUT2D eigenvalue weighted by atomic mass is 10.2. The van der Waals surface area contributed by atoms with Crippen molar-refractivity contribution in [2.75, 3.05) is 23.7 Å². The van der Waals surface area contributed by atoms with E-state index in [9.17, 15) is 4.79 Å². The zero-order valence-corrected chi connectivity index (χ0v) is 11.6. The van der Waals surface area contributed by atoms with Crippen LogP contribution in [0.5, 0.6) is 0 Å². The Bertz CT molecular complexity index is 687. The minimum absolute atomic E-state index is 0.117. The third-order valence-electron chi connectivity index (χ3n) is 3.44. The number of rotatable bonds is 1. The topological polar surface area (TPSA) is 84.2 Å². The van der Waals surface area contributed by atoms with Crippen LogP contribution in [0.4, 0.5) is 11.6 Å². The molecule has 0 amide bonds. The number of ether oxygens (including phenoxy) is 1. The summed E-state index contributed by atoms with van der Waals surface area (Å²) in [5.74, 6) is 0.592. The van der Waals surface area contributed by atoms with Gasteiger partial charge in [-0.3, -0.25) is 9.78 Å². The second kappa shape index (κ2) is 4.79. The van der Waals surface area contributed by atoms with E-state index in [1.165, 1.54) is 0 Å². The molecule has 6 nitrogen and oxygen atoms in total. The van der Waals surface area contributed by atoms with Gasteiger partial charge in [0.1, 0.15) is 0 Å². The first kappa shape index (κ1) is 12.9. The number of nitrogen functional groups attached to an aromatic ring is 1. The van der Waals surface area contributed by atoms with Gasteiger partial charge < -0.3 is 15.4 Å². The molecule has 1 saturated heterocycles. The van der Waals surface area contributed by atoms with E-state index in [0.29, 0.717) is 35.6 Å². The van der Waals surface area contributed by atoms with Gasteiger partial charge in [-0.05, 0) is 32.0 Å². The average molecular weight is 274 g/mol. The smallest absolute Gasteiger partial charge is 0.260 e. The molecule has 0 spiro atoms. The first-order chi connectivity index (χ1) is 9.52. The molecule has 1 fully saturated rings. The SMILES string of the molecule is C[C@@H]1CN(c2nc3ccc(N)cc3c(=O)[nH]2)C[C@H](C)O1. The highest BCUT2D eigenvalue weighted by atomic mass is 16.5. The van der Waals surface area contributed by atoms with Gasteiger partial charge in [0.15, 0.2) is 0 Å². The molecule has 6 heteroatoms. The summed E-state index contributed by atoms with van der Waals surface area (Å²) >= 11 is 0. The maximum atomic E-state index is 12.1. The Morgan fingerprint density at radius 3 is 2.75 bits per heavy atom. The Morgan fingerprint density at radius 1 is 1.35 bits per heavy atom. The van der Waals surface area contributed by atoms with Crippen LogP contribution in [0, 0.1) is 0 Å². The highest BCUT2D eigenvalue weighted by Crippen LogP contribution is 2.18. The molecule has 1 aromatic carbocycles. The van der Waals surface area contributed by atoms with Crippen molar-refractivity contribution in [3.05, 3.63) is 28.6 Å². The van der Waals surface area contributed by atoms with E-state index in [4.69, 9.17) is 10.5 Å². The second-order valence-electron chi connectivity index (χ2n) is 5.33. The largest absolute Gasteiger partial charge is 0.399 e. The molecule has 0 aliphatic carbocycles. The van der Waals surface area contributed by atoms with Crippen molar-refractivity contribution in [1.29, 1.82) is 0 Å². The number of morpholine rings is 1. The zero-order chi connectivity index (χ0) is 14.3. The van der Waals surface area contributed by atoms with Crippen molar-refractivity contribution in [3.63, 3.8) is 0 Å². The van der Waals surface area contributed by atoms with Gasteiger partial charge in [0.2, 0.25) is 5.95 Å². The van der Waals surface area contributed by atoms with E-state index in [0.717, 1.165) is 0 Å². The summed E-state index contributed by atoms with van der Waals surface area (Å²) in [6.45, 7) is 5.46. The fourth-order valence-electron chi connectivity index (χ4n) is 2.64. The van der Waals surface area contributed by atoms with Crippen LogP contribution < -0.4 is 16.2 Å². The number of nitrogens with zero attached hydrogens (tertiary/aromatic N) is 2. The van der Waals surface area contributed by atoms with Gasteiger partial charge in [-0.1, -0.05) is 0 Å². The third kappa shape index (κ3) is 2.34. The van der Waals surface area contributed by atoms with Gasteiger partial charge >= 0.3 is 0 Å². The van der Waals surface area contributed by atoms with Crippen LogP contribution in [-0.2, 0) is 4.74 Å². The summed E-state index contributed by atoms with van der Waals surface area (Å²) in [6, 6.07) is 5.18. The highest BCUT2D eigenvalue weighted by Gasteiger charge is 2.24. The molecular weight excluding hydrogens is 256 g/mol. The first-order valence-corrected chi connectivity index (χ1v) is 6.73. The maximum Gasteiger partial charge on any atom is 0.260 e. The Labute approximate surface area is 116 Å². The third-order valence-corrected chi connectivity index (χ3v) is 3.44. The lowest BCUT2D eigenvalue weighted by molar-refractivity contribution is -0.00571. The van der Waals surface area contributed by atoms with Gasteiger partial charge in [-0.2, -0.15) is 0 Å². The highest BCUT2D eigenvalue weighted by molar-refractivity contribution is 5.81. The van der Waals surface area contributed by atoms with Crippen molar-refractivity contribution >= 4 is 22.5 Å². The summed E-state index contributed by atoms with van der Waals surface area (Å²) in [4.78, 5) is 21.6. The van der Waals surface area contributed by atoms with Crippen LogP contribution in [0.15, 0.2) is 23.0 Å². The zero-order valence-electron chi connectivity index (χ0n) is 11.6. The van der Waals surface area contributed by atoms with Crippen molar-refractivity contribution in [1.82, 2.24) is 9.97 Å². The van der Waals surface area contributed by atoms with Gasteiger partial charge in [-0.15, -0.1) is 0 Å². The molecule has 0 unspecified atom stereocenters. The fourth-order valence-corrected chi connectivity index (χ4v) is 2.64. The summed E-state index contributed by atoms with van der Waals surface area (Å²) in [7, 11) is 0. The predicted molar refractivity (Wildman–Crippen MR) is 79.0 cm³/mol. The van der Waals surface area contributed by atoms with Crippen LogP contribution in [0.2, 0.25) is 0 Å². The number of nitrogens with one attached hydrogen (secondary N) is 1. The summed E-state index contributed by atoms with van der Waals surface area (Å²) in [5.41, 5.74) is 6.76. The van der Waals surface area contributed by atoms with Crippen LogP contribution in [0.3, 0.4) is 0 Å². The number of H-pyrrole nitrogens is 1. The number of aromatic nitrogens is 2. The van der Waals surface area contributed by atoms with Crippen molar-refractivity contribution in [2.45, 2.75) is 26.1 Å². The molecule has 1 aliphatic rings. The normalized spacial score (nSPS) is 23.2. The number of aromatic amines is 1. The van der Waals surface area contributed by atoms with E-state index in [1.807, 2.05) is 13.8 Å². The molecular formula is C14H18N4O2. The molecule has 1 aromatic heterocycles. The Kier molecular flexibility index (Phi) is 3.10. The maximum absolute atomic E-state index is 12.1. The second-order valence-corrected chi connectivity index (χ2v) is 5.33. The monoisotopic (exact) mass is 274 g/mol. The number of hydrogen-bond donors (Lipinski definition) is 2. The van der Waals surface area contributed by atoms with Gasteiger partial charge in [0, 0.05) is 18.8 Å². The minimum Gasteiger partial charge on any atom is -0.399 e.